The van der Waals surface area contributed by atoms with Crippen LogP contribution in [-0.2, 0) is 9.59 Å². The molecule has 3 rings (SSSR count). The third-order valence-corrected chi connectivity index (χ3v) is 4.51. The molecule has 27 heavy (non-hydrogen) atoms. The molecule has 0 aromatic heterocycles. The Hall–Kier alpha value is -3.12. The fourth-order valence-electron chi connectivity index (χ4n) is 3.26. The summed E-state index contributed by atoms with van der Waals surface area (Å²) in [7, 11) is 0. The Morgan fingerprint density at radius 2 is 1.81 bits per heavy atom. The minimum absolute atomic E-state index is 0.0227. The van der Waals surface area contributed by atoms with E-state index in [0.717, 1.165) is 5.56 Å². The summed E-state index contributed by atoms with van der Waals surface area (Å²) < 4.78 is 0. The molecular weight excluding hydrogens is 346 g/mol. The SMILES string of the molecule is Cc1ccc(C(O)=C2C(=O)C(=O)N(CC(C)O)C2c2cccc(O)c2)cc1. The summed E-state index contributed by atoms with van der Waals surface area (Å²) in [5.41, 5.74) is 1.82. The molecule has 0 bridgehead atoms. The summed E-state index contributed by atoms with van der Waals surface area (Å²) in [4.78, 5) is 26.5. The number of aliphatic hydroxyl groups is 2. The third-order valence-electron chi connectivity index (χ3n) is 4.51. The lowest BCUT2D eigenvalue weighted by molar-refractivity contribution is -0.140. The van der Waals surface area contributed by atoms with Crippen LogP contribution >= 0.6 is 0 Å². The number of ketones is 1. The molecule has 2 unspecified atom stereocenters. The Labute approximate surface area is 157 Å². The van der Waals surface area contributed by atoms with Gasteiger partial charge in [-0.05, 0) is 31.5 Å². The number of carbonyl (C=O) groups excluding carboxylic acids is 2. The number of carbonyl (C=O) groups is 2. The van der Waals surface area contributed by atoms with Gasteiger partial charge in [0.05, 0.1) is 17.7 Å². The molecule has 3 N–H and O–H groups in total. The lowest BCUT2D eigenvalue weighted by Gasteiger charge is -2.26. The number of aliphatic hydroxyl groups excluding tert-OH is 2. The normalized spacial score (nSPS) is 20.1. The molecule has 0 spiro atoms. The molecule has 1 fully saturated rings. The number of hydrogen-bond donors (Lipinski definition) is 3. The maximum Gasteiger partial charge on any atom is 0.295 e. The number of benzene rings is 2. The number of likely N-dealkylation sites (tertiary alicyclic amines) is 1. The number of phenols is 1. The predicted molar refractivity (Wildman–Crippen MR) is 100.0 cm³/mol. The molecule has 1 amide bonds. The number of β-amino-alcohol motifs (C(OH)–C–C–N with tert-alkyl or cyclic N) is 1. The van der Waals surface area contributed by atoms with Crippen molar-refractivity contribution >= 4 is 17.4 Å². The molecule has 0 radical (unpaired) electrons. The number of phenolic OH excluding ortho intramolecular Hbond substituents is 1. The molecule has 2 aromatic carbocycles. The van der Waals surface area contributed by atoms with Crippen molar-refractivity contribution in [3.8, 4) is 5.75 Å². The molecule has 6 nitrogen and oxygen atoms in total. The van der Waals surface area contributed by atoms with E-state index < -0.39 is 23.8 Å². The number of rotatable bonds is 4. The third kappa shape index (κ3) is 3.57. The van der Waals surface area contributed by atoms with Gasteiger partial charge in [0.1, 0.15) is 11.5 Å². The van der Waals surface area contributed by atoms with Crippen LogP contribution in [0.5, 0.6) is 5.75 Å². The molecule has 1 aliphatic rings. The van der Waals surface area contributed by atoms with E-state index in [9.17, 15) is 24.9 Å². The van der Waals surface area contributed by atoms with Crippen molar-refractivity contribution in [2.45, 2.75) is 26.0 Å². The molecule has 6 heteroatoms. The van der Waals surface area contributed by atoms with Crippen molar-refractivity contribution in [3.63, 3.8) is 0 Å². The first kappa shape index (κ1) is 18.7. The van der Waals surface area contributed by atoms with Crippen LogP contribution in [0, 0.1) is 6.92 Å². The Balaban J connectivity index is 2.19. The molecular formula is C21H21NO5. The maximum atomic E-state index is 12.7. The molecule has 0 saturated carbocycles. The highest BCUT2D eigenvalue weighted by atomic mass is 16.3. The van der Waals surface area contributed by atoms with E-state index in [1.807, 2.05) is 6.92 Å². The van der Waals surface area contributed by atoms with Crippen LogP contribution in [0.3, 0.4) is 0 Å². The summed E-state index contributed by atoms with van der Waals surface area (Å²) in [6, 6.07) is 12.2. The van der Waals surface area contributed by atoms with E-state index in [4.69, 9.17) is 0 Å². The second-order valence-electron chi connectivity index (χ2n) is 6.76. The smallest absolute Gasteiger partial charge is 0.295 e. The molecule has 140 valence electrons. The number of hydrogen-bond acceptors (Lipinski definition) is 5. The molecule has 1 saturated heterocycles. The average Bonchev–Trinajstić information content (AvgIpc) is 2.86. The maximum absolute atomic E-state index is 12.7. The van der Waals surface area contributed by atoms with Crippen molar-refractivity contribution in [2.75, 3.05) is 6.54 Å². The highest BCUT2D eigenvalue weighted by Gasteiger charge is 2.46. The Morgan fingerprint density at radius 3 is 2.41 bits per heavy atom. The summed E-state index contributed by atoms with van der Waals surface area (Å²) in [5.74, 6) is -1.92. The number of Topliss-reactive ketones (excluding diaryl/α,β-unsaturated/α-hetero) is 1. The van der Waals surface area contributed by atoms with Gasteiger partial charge in [-0.15, -0.1) is 0 Å². The topological polar surface area (TPSA) is 98.1 Å². The van der Waals surface area contributed by atoms with Gasteiger partial charge in [0.2, 0.25) is 0 Å². The van der Waals surface area contributed by atoms with Crippen LogP contribution in [0.25, 0.3) is 5.76 Å². The molecule has 2 aromatic rings. The van der Waals surface area contributed by atoms with Crippen LogP contribution in [0.2, 0.25) is 0 Å². The van der Waals surface area contributed by atoms with E-state index in [0.29, 0.717) is 11.1 Å². The van der Waals surface area contributed by atoms with Gasteiger partial charge < -0.3 is 20.2 Å². The summed E-state index contributed by atoms with van der Waals surface area (Å²) >= 11 is 0. The van der Waals surface area contributed by atoms with Crippen LogP contribution < -0.4 is 0 Å². The fourth-order valence-corrected chi connectivity index (χ4v) is 3.26. The first-order valence-electron chi connectivity index (χ1n) is 8.62. The first-order chi connectivity index (χ1) is 12.8. The van der Waals surface area contributed by atoms with Gasteiger partial charge in [-0.3, -0.25) is 9.59 Å². The van der Waals surface area contributed by atoms with E-state index in [-0.39, 0.29) is 23.6 Å². The minimum Gasteiger partial charge on any atom is -0.508 e. The Bertz CT molecular complexity index is 914. The number of nitrogens with zero attached hydrogens (tertiary/aromatic N) is 1. The summed E-state index contributed by atoms with van der Waals surface area (Å²) in [5, 5.41) is 30.4. The predicted octanol–water partition coefficient (Wildman–Crippen LogP) is 2.50. The van der Waals surface area contributed by atoms with Crippen LogP contribution in [-0.4, -0.2) is 44.6 Å². The van der Waals surface area contributed by atoms with E-state index in [2.05, 4.69) is 0 Å². The lowest BCUT2D eigenvalue weighted by Crippen LogP contribution is -2.35. The van der Waals surface area contributed by atoms with E-state index in [1.54, 1.807) is 36.4 Å². The van der Waals surface area contributed by atoms with Crippen molar-refractivity contribution in [1.82, 2.24) is 4.90 Å². The molecule has 1 heterocycles. The first-order valence-corrected chi connectivity index (χ1v) is 8.62. The molecule has 2 atom stereocenters. The number of amides is 1. The van der Waals surface area contributed by atoms with Gasteiger partial charge >= 0.3 is 0 Å². The van der Waals surface area contributed by atoms with Gasteiger partial charge in [0, 0.05) is 12.1 Å². The Morgan fingerprint density at radius 1 is 1.15 bits per heavy atom. The minimum atomic E-state index is -0.895. The van der Waals surface area contributed by atoms with Gasteiger partial charge in [-0.2, -0.15) is 0 Å². The van der Waals surface area contributed by atoms with Gasteiger partial charge in [0.25, 0.3) is 11.7 Å². The van der Waals surface area contributed by atoms with Gasteiger partial charge in [0.15, 0.2) is 0 Å². The zero-order chi connectivity index (χ0) is 19.7. The number of aryl methyl sites for hydroxylation is 1. The highest BCUT2D eigenvalue weighted by molar-refractivity contribution is 6.46. The van der Waals surface area contributed by atoms with Crippen LogP contribution in [0.15, 0.2) is 54.1 Å². The van der Waals surface area contributed by atoms with E-state index in [1.165, 1.54) is 24.0 Å². The molecule has 0 aliphatic carbocycles. The zero-order valence-electron chi connectivity index (χ0n) is 15.1. The van der Waals surface area contributed by atoms with Crippen molar-refractivity contribution < 1.29 is 24.9 Å². The van der Waals surface area contributed by atoms with Crippen molar-refractivity contribution in [2.24, 2.45) is 0 Å². The van der Waals surface area contributed by atoms with Crippen molar-refractivity contribution in [1.29, 1.82) is 0 Å². The Kier molecular flexibility index (Phi) is 5.01. The summed E-state index contributed by atoms with van der Waals surface area (Å²) in [6.45, 7) is 3.34. The van der Waals surface area contributed by atoms with Crippen LogP contribution in [0.1, 0.15) is 29.7 Å². The quantitative estimate of drug-likeness (QED) is 0.438. The van der Waals surface area contributed by atoms with Gasteiger partial charge in [-0.25, -0.2) is 0 Å². The zero-order valence-corrected chi connectivity index (χ0v) is 15.1. The monoisotopic (exact) mass is 367 g/mol. The van der Waals surface area contributed by atoms with E-state index >= 15 is 0 Å². The van der Waals surface area contributed by atoms with Crippen molar-refractivity contribution in [3.05, 3.63) is 70.8 Å². The fraction of sp³-hybridized carbons (Fsp3) is 0.238. The standard InChI is InChI=1S/C21H21NO5/c1-12-6-8-14(9-7-12)19(25)17-18(15-4-3-5-16(24)10-15)22(11-13(2)23)21(27)20(17)26/h3-10,13,18,23-25H,11H2,1-2H3. The largest absolute Gasteiger partial charge is 0.508 e. The lowest BCUT2D eigenvalue weighted by atomic mass is 9.95. The second kappa shape index (κ2) is 7.25. The highest BCUT2D eigenvalue weighted by Crippen LogP contribution is 2.40. The second-order valence-corrected chi connectivity index (χ2v) is 6.76. The van der Waals surface area contributed by atoms with Crippen LogP contribution in [0.4, 0.5) is 0 Å². The summed E-state index contributed by atoms with van der Waals surface area (Å²) in [6.07, 6.45) is -0.859. The average molecular weight is 367 g/mol. The number of aromatic hydroxyl groups is 1. The van der Waals surface area contributed by atoms with Gasteiger partial charge in [-0.1, -0.05) is 42.0 Å². The molecule has 1 aliphatic heterocycles.